The number of fused-ring (bicyclic) bond motifs is 1. The Morgan fingerprint density at radius 1 is 1.13 bits per heavy atom. The molecule has 1 unspecified atom stereocenters. The van der Waals surface area contributed by atoms with Crippen molar-refractivity contribution in [3.63, 3.8) is 0 Å². The molecule has 1 aliphatic heterocycles. The Labute approximate surface area is 218 Å². The third kappa shape index (κ3) is 5.28. The van der Waals surface area contributed by atoms with Crippen LogP contribution < -0.4 is 27.2 Å². The first kappa shape index (κ1) is 24.6. The maximum absolute atomic E-state index is 12.7. The average Bonchev–Trinajstić information content (AvgIpc) is 3.25. The van der Waals surface area contributed by atoms with Gasteiger partial charge in [0.05, 0.1) is 18.3 Å². The number of rotatable bonds is 7. The second kappa shape index (κ2) is 10.2. The summed E-state index contributed by atoms with van der Waals surface area (Å²) >= 11 is 0. The SMILES string of the molecule is CC(C(=O)NC1CCC(Nc2nc(=NC3CC3)n3ncc(=Cc4[nH]c(=O)[nH]c4O)c3n2)CC1)N1CCCC1. The lowest BCUT2D eigenvalue weighted by molar-refractivity contribution is -0.126. The summed E-state index contributed by atoms with van der Waals surface area (Å²) in [7, 11) is 0. The van der Waals surface area contributed by atoms with Crippen LogP contribution >= 0.6 is 0 Å². The number of carbonyl (C=O) groups excluding carboxylic acids is 1. The van der Waals surface area contributed by atoms with Crippen LogP contribution in [0.4, 0.5) is 5.95 Å². The van der Waals surface area contributed by atoms with E-state index in [1.807, 2.05) is 6.92 Å². The highest BCUT2D eigenvalue weighted by molar-refractivity contribution is 5.81. The maximum Gasteiger partial charge on any atom is 0.326 e. The fraction of sp³-hybridized carbons (Fsp3) is 0.600. The average molecular weight is 523 g/mol. The van der Waals surface area contributed by atoms with Gasteiger partial charge in [0.15, 0.2) is 5.65 Å². The topological polar surface area (TPSA) is 169 Å². The molecule has 5 N–H and O–H groups in total. The molecule has 38 heavy (non-hydrogen) atoms. The van der Waals surface area contributed by atoms with E-state index in [1.54, 1.807) is 16.8 Å². The molecule has 3 aromatic rings. The predicted octanol–water partition coefficient (Wildman–Crippen LogP) is -0.219. The van der Waals surface area contributed by atoms with Crippen LogP contribution in [0.1, 0.15) is 64.0 Å². The minimum absolute atomic E-state index is 0.0743. The van der Waals surface area contributed by atoms with Gasteiger partial charge in [-0.3, -0.25) is 14.7 Å². The monoisotopic (exact) mass is 522 g/mol. The van der Waals surface area contributed by atoms with Crippen molar-refractivity contribution in [2.24, 2.45) is 4.99 Å². The molecule has 0 radical (unpaired) electrons. The normalized spacial score (nSPS) is 24.2. The molecule has 0 aromatic carbocycles. The minimum atomic E-state index is -0.496. The van der Waals surface area contributed by atoms with Crippen molar-refractivity contribution in [2.75, 3.05) is 18.4 Å². The van der Waals surface area contributed by atoms with E-state index in [9.17, 15) is 14.7 Å². The fourth-order valence-electron chi connectivity index (χ4n) is 5.33. The maximum atomic E-state index is 12.7. The highest BCUT2D eigenvalue weighted by Gasteiger charge is 2.28. The standard InChI is InChI=1S/C25H34N10O3/c1-14(34-10-2-3-11-34)21(36)27-16-4-6-17(7-5-16)28-23-31-20-15(12-19-22(37)32-25(38)30-19)13-26-35(20)24(33-23)29-18-8-9-18/h12-14,16-18,37H,2-11H2,1H3,(H,27,36)(H,28,29,33)(H2,30,32,38). The Kier molecular flexibility index (Phi) is 6.60. The number of aromatic nitrogens is 6. The Morgan fingerprint density at radius 3 is 2.55 bits per heavy atom. The summed E-state index contributed by atoms with van der Waals surface area (Å²) < 4.78 is 1.59. The van der Waals surface area contributed by atoms with Crippen molar-refractivity contribution in [3.05, 3.63) is 33.2 Å². The van der Waals surface area contributed by atoms with Crippen LogP contribution in [0, 0.1) is 0 Å². The molecule has 3 aromatic heterocycles. The Balaban J connectivity index is 1.18. The van der Waals surface area contributed by atoms with Crippen molar-refractivity contribution in [3.8, 4) is 5.88 Å². The van der Waals surface area contributed by atoms with Crippen molar-refractivity contribution >= 4 is 23.6 Å². The first-order valence-corrected chi connectivity index (χ1v) is 13.6. The van der Waals surface area contributed by atoms with E-state index in [0.29, 0.717) is 22.4 Å². The van der Waals surface area contributed by atoms with Crippen LogP contribution in [0.5, 0.6) is 5.88 Å². The van der Waals surface area contributed by atoms with Gasteiger partial charge in [-0.2, -0.15) is 19.6 Å². The minimum Gasteiger partial charge on any atom is -0.493 e. The Morgan fingerprint density at radius 2 is 1.87 bits per heavy atom. The number of amides is 1. The lowest BCUT2D eigenvalue weighted by Crippen LogP contribution is -2.48. The smallest absolute Gasteiger partial charge is 0.326 e. The van der Waals surface area contributed by atoms with E-state index < -0.39 is 5.69 Å². The molecule has 13 nitrogen and oxygen atoms in total. The highest BCUT2D eigenvalue weighted by Crippen LogP contribution is 2.23. The highest BCUT2D eigenvalue weighted by atomic mass is 16.3. The summed E-state index contributed by atoms with van der Waals surface area (Å²) in [5.41, 5.74) is 0.755. The molecule has 1 saturated heterocycles. The summed E-state index contributed by atoms with van der Waals surface area (Å²) in [6.45, 7) is 4.01. The zero-order valence-corrected chi connectivity index (χ0v) is 21.5. The van der Waals surface area contributed by atoms with Crippen LogP contribution in [-0.4, -0.2) is 82.7 Å². The number of H-pyrrole nitrogens is 2. The molecule has 2 aliphatic carbocycles. The largest absolute Gasteiger partial charge is 0.493 e. The molecule has 1 amide bonds. The van der Waals surface area contributed by atoms with Crippen molar-refractivity contribution in [1.82, 2.24) is 39.8 Å². The van der Waals surface area contributed by atoms with E-state index in [2.05, 4.69) is 35.6 Å². The van der Waals surface area contributed by atoms with Gasteiger partial charge >= 0.3 is 5.69 Å². The first-order chi connectivity index (χ1) is 18.4. The van der Waals surface area contributed by atoms with E-state index in [1.165, 1.54) is 12.8 Å². The van der Waals surface area contributed by atoms with Crippen molar-refractivity contribution in [2.45, 2.75) is 82.5 Å². The van der Waals surface area contributed by atoms with Gasteiger partial charge in [-0.1, -0.05) is 0 Å². The number of hydrogen-bond donors (Lipinski definition) is 5. The molecule has 0 bridgehead atoms. The van der Waals surface area contributed by atoms with Gasteiger partial charge in [-0.15, -0.1) is 0 Å². The molecule has 0 spiro atoms. The molecule has 1 atom stereocenters. The molecule has 6 rings (SSSR count). The molecule has 3 fully saturated rings. The summed E-state index contributed by atoms with van der Waals surface area (Å²) in [4.78, 5) is 45.5. The number of hydrogen-bond acceptors (Lipinski definition) is 9. The zero-order valence-electron chi connectivity index (χ0n) is 21.5. The second-order valence-electron chi connectivity index (χ2n) is 10.6. The molecular formula is C25H34N10O3. The molecule has 4 heterocycles. The quantitative estimate of drug-likeness (QED) is 0.284. The Bertz CT molecular complexity index is 1490. The van der Waals surface area contributed by atoms with Gasteiger partial charge in [0.25, 0.3) is 5.62 Å². The van der Waals surface area contributed by atoms with Crippen LogP contribution in [0.2, 0.25) is 0 Å². The number of nitrogens with one attached hydrogen (secondary N) is 4. The lowest BCUT2D eigenvalue weighted by Gasteiger charge is -2.31. The van der Waals surface area contributed by atoms with Crippen LogP contribution in [-0.2, 0) is 4.79 Å². The second-order valence-corrected chi connectivity index (χ2v) is 10.6. The third-order valence-electron chi connectivity index (χ3n) is 7.73. The molecule has 2 saturated carbocycles. The van der Waals surface area contributed by atoms with Gasteiger partial charge in [0, 0.05) is 17.3 Å². The van der Waals surface area contributed by atoms with E-state index in [-0.39, 0.29) is 41.6 Å². The number of aromatic hydroxyl groups is 1. The van der Waals surface area contributed by atoms with E-state index in [0.717, 1.165) is 51.6 Å². The summed E-state index contributed by atoms with van der Waals surface area (Å²) in [5.74, 6) is 0.347. The van der Waals surface area contributed by atoms with E-state index >= 15 is 0 Å². The van der Waals surface area contributed by atoms with Gasteiger partial charge < -0.3 is 20.7 Å². The van der Waals surface area contributed by atoms with Gasteiger partial charge in [0.2, 0.25) is 17.7 Å². The summed E-state index contributed by atoms with van der Waals surface area (Å²) in [6, 6.07) is 0.525. The van der Waals surface area contributed by atoms with Crippen LogP contribution in [0.25, 0.3) is 11.7 Å². The number of aromatic amines is 2. The van der Waals surface area contributed by atoms with Crippen molar-refractivity contribution < 1.29 is 9.90 Å². The molecule has 202 valence electrons. The van der Waals surface area contributed by atoms with Gasteiger partial charge in [-0.05, 0) is 77.5 Å². The molecule has 13 heteroatoms. The van der Waals surface area contributed by atoms with Gasteiger partial charge in [-0.25, -0.2) is 9.79 Å². The Hall–Kier alpha value is -3.74. The van der Waals surface area contributed by atoms with Crippen molar-refractivity contribution in [1.29, 1.82) is 0 Å². The first-order valence-electron chi connectivity index (χ1n) is 13.6. The van der Waals surface area contributed by atoms with Crippen LogP contribution in [0.3, 0.4) is 0 Å². The summed E-state index contributed by atoms with van der Waals surface area (Å²) in [5, 5.41) is 21.7. The number of nitrogens with zero attached hydrogens (tertiary/aromatic N) is 6. The number of anilines is 1. The number of likely N-dealkylation sites (tertiary alicyclic amines) is 1. The number of carbonyl (C=O) groups is 1. The fourth-order valence-corrected chi connectivity index (χ4v) is 5.33. The summed E-state index contributed by atoms with van der Waals surface area (Å²) in [6.07, 6.45) is 11.2. The van der Waals surface area contributed by atoms with Crippen LogP contribution in [0.15, 0.2) is 16.0 Å². The lowest BCUT2D eigenvalue weighted by atomic mass is 9.91. The van der Waals surface area contributed by atoms with E-state index in [4.69, 9.17) is 9.98 Å². The predicted molar refractivity (Wildman–Crippen MR) is 139 cm³/mol. The number of imidazole rings is 1. The zero-order chi connectivity index (χ0) is 26.2. The molecular weight excluding hydrogens is 488 g/mol. The molecule has 3 aliphatic rings. The van der Waals surface area contributed by atoms with Gasteiger partial charge in [0.1, 0.15) is 5.69 Å². The third-order valence-corrected chi connectivity index (χ3v) is 7.73.